The predicted molar refractivity (Wildman–Crippen MR) is 65.4 cm³/mol. The quantitative estimate of drug-likeness (QED) is 0.814. The van der Waals surface area contributed by atoms with Crippen LogP contribution in [0.4, 0.5) is 0 Å². The second-order valence-electron chi connectivity index (χ2n) is 3.95. The number of pyridine rings is 1. The van der Waals surface area contributed by atoms with E-state index in [9.17, 15) is 0 Å². The summed E-state index contributed by atoms with van der Waals surface area (Å²) < 4.78 is 0. The average molecular weight is 247 g/mol. The molecule has 2 rings (SSSR count). The molecule has 1 aromatic rings. The maximum atomic E-state index is 6.18. The molecule has 1 aromatic heterocycles. The van der Waals surface area contributed by atoms with Gasteiger partial charge in [-0.05, 0) is 24.8 Å². The zero-order valence-electron chi connectivity index (χ0n) is 8.53. The van der Waals surface area contributed by atoms with Crippen molar-refractivity contribution in [1.29, 1.82) is 0 Å². The molecule has 0 bridgehead atoms. The smallest absolute Gasteiger partial charge is 0.133 e. The normalized spacial score (nSPS) is 18.5. The maximum Gasteiger partial charge on any atom is 0.133 e. The first-order chi connectivity index (χ1) is 6.79. The Morgan fingerprint density at radius 3 is 2.67 bits per heavy atom. The van der Waals surface area contributed by atoms with Gasteiger partial charge in [0.25, 0.3) is 0 Å². The van der Waals surface area contributed by atoms with E-state index in [2.05, 4.69) is 4.98 Å². The number of hydrogen-bond donors (Lipinski definition) is 1. The van der Waals surface area contributed by atoms with Gasteiger partial charge < -0.3 is 5.73 Å². The number of rotatable bonds is 2. The monoisotopic (exact) mass is 246 g/mol. The average Bonchev–Trinajstić information content (AvgIpc) is 2.70. The third-order valence-corrected chi connectivity index (χ3v) is 3.37. The maximum absolute atomic E-state index is 6.18. The van der Waals surface area contributed by atoms with Gasteiger partial charge in [0.1, 0.15) is 5.15 Å². The number of nitrogens with two attached hydrogens (primary N) is 1. The van der Waals surface area contributed by atoms with E-state index in [4.69, 9.17) is 17.3 Å². The number of nitrogens with zero attached hydrogens (tertiary/aromatic N) is 1. The highest BCUT2D eigenvalue weighted by Crippen LogP contribution is 2.35. The predicted octanol–water partition coefficient (Wildman–Crippen LogP) is 3.35. The summed E-state index contributed by atoms with van der Waals surface area (Å²) in [6, 6.07) is 3.95. The lowest BCUT2D eigenvalue weighted by atomic mass is 9.93. The zero-order chi connectivity index (χ0) is 9.97. The van der Waals surface area contributed by atoms with Gasteiger partial charge in [-0.25, -0.2) is 4.98 Å². The zero-order valence-corrected chi connectivity index (χ0v) is 10.1. The first kappa shape index (κ1) is 12.8. The Labute approximate surface area is 102 Å². The molecule has 2 N–H and O–H groups in total. The Balaban J connectivity index is 0.00000112. The van der Waals surface area contributed by atoms with Crippen molar-refractivity contribution in [3.05, 3.63) is 29.0 Å². The van der Waals surface area contributed by atoms with Crippen molar-refractivity contribution < 1.29 is 0 Å². The topological polar surface area (TPSA) is 38.9 Å². The number of halogens is 2. The van der Waals surface area contributed by atoms with Gasteiger partial charge in [0, 0.05) is 17.8 Å². The Bertz CT molecular complexity index is 311. The Morgan fingerprint density at radius 1 is 1.40 bits per heavy atom. The molecule has 0 radical (unpaired) electrons. The van der Waals surface area contributed by atoms with E-state index in [0.717, 1.165) is 5.56 Å². The van der Waals surface area contributed by atoms with Gasteiger partial charge >= 0.3 is 0 Å². The summed E-state index contributed by atoms with van der Waals surface area (Å²) in [7, 11) is 0. The van der Waals surface area contributed by atoms with Crippen molar-refractivity contribution in [2.45, 2.75) is 31.7 Å². The first-order valence-electron chi connectivity index (χ1n) is 5.15. The van der Waals surface area contributed by atoms with Crippen LogP contribution in [-0.2, 0) is 0 Å². The van der Waals surface area contributed by atoms with E-state index in [1.165, 1.54) is 25.7 Å². The summed E-state index contributed by atoms with van der Waals surface area (Å²) in [4.78, 5) is 4.06. The molecule has 84 valence electrons. The van der Waals surface area contributed by atoms with Crippen LogP contribution in [0.5, 0.6) is 0 Å². The summed E-state index contributed by atoms with van der Waals surface area (Å²) >= 11 is 6.01. The fourth-order valence-corrected chi connectivity index (χ4v) is 2.46. The molecule has 1 aliphatic rings. The summed E-state index contributed by atoms with van der Waals surface area (Å²) in [5.74, 6) is 0.594. The highest BCUT2D eigenvalue weighted by Gasteiger charge is 2.24. The summed E-state index contributed by atoms with van der Waals surface area (Å²) in [6.07, 6.45) is 6.76. The highest BCUT2D eigenvalue weighted by molar-refractivity contribution is 6.30. The van der Waals surface area contributed by atoms with Crippen LogP contribution >= 0.6 is 24.0 Å². The van der Waals surface area contributed by atoms with Crippen LogP contribution < -0.4 is 5.73 Å². The standard InChI is InChI=1S/C11H15ClN2.ClH/c12-11-9(6-3-7-14-11)10(13)8-4-1-2-5-8;/h3,6-8,10H,1-2,4-5,13H2;1H/t10-;/m1./s1. The molecule has 0 aromatic carbocycles. The molecule has 1 atom stereocenters. The molecule has 2 nitrogen and oxygen atoms in total. The van der Waals surface area contributed by atoms with E-state index in [0.29, 0.717) is 11.1 Å². The molecule has 1 fully saturated rings. The molecule has 0 aliphatic heterocycles. The molecular formula is C11H16Cl2N2. The minimum absolute atomic E-state index is 0. The van der Waals surface area contributed by atoms with E-state index in [1.807, 2.05) is 12.1 Å². The van der Waals surface area contributed by atoms with E-state index in [-0.39, 0.29) is 18.4 Å². The van der Waals surface area contributed by atoms with Crippen LogP contribution in [0.1, 0.15) is 37.3 Å². The van der Waals surface area contributed by atoms with Crippen LogP contribution in [0.2, 0.25) is 5.15 Å². The van der Waals surface area contributed by atoms with Gasteiger partial charge in [-0.1, -0.05) is 30.5 Å². The van der Waals surface area contributed by atoms with Gasteiger partial charge in [0.05, 0.1) is 0 Å². The SMILES string of the molecule is Cl.N[C@@H](c1cccnc1Cl)C1CCCC1. The molecule has 1 aliphatic carbocycles. The fourth-order valence-electron chi connectivity index (χ4n) is 2.22. The minimum Gasteiger partial charge on any atom is -0.324 e. The van der Waals surface area contributed by atoms with E-state index >= 15 is 0 Å². The molecule has 0 saturated heterocycles. The largest absolute Gasteiger partial charge is 0.324 e. The van der Waals surface area contributed by atoms with Crippen LogP contribution in [0.3, 0.4) is 0 Å². The molecule has 0 spiro atoms. The van der Waals surface area contributed by atoms with Crippen LogP contribution in [-0.4, -0.2) is 4.98 Å². The lowest BCUT2D eigenvalue weighted by Gasteiger charge is -2.19. The number of aromatic nitrogens is 1. The Kier molecular flexibility index (Phi) is 4.84. The van der Waals surface area contributed by atoms with Crippen molar-refractivity contribution in [3.8, 4) is 0 Å². The molecule has 1 saturated carbocycles. The third kappa shape index (κ3) is 2.83. The Morgan fingerprint density at radius 2 is 2.07 bits per heavy atom. The fraction of sp³-hybridized carbons (Fsp3) is 0.545. The first-order valence-corrected chi connectivity index (χ1v) is 5.53. The van der Waals surface area contributed by atoms with Crippen LogP contribution in [0.25, 0.3) is 0 Å². The van der Waals surface area contributed by atoms with Crippen LogP contribution in [0, 0.1) is 5.92 Å². The molecule has 4 heteroatoms. The van der Waals surface area contributed by atoms with Crippen molar-refractivity contribution in [3.63, 3.8) is 0 Å². The van der Waals surface area contributed by atoms with Crippen molar-refractivity contribution >= 4 is 24.0 Å². The Hall–Kier alpha value is -0.310. The van der Waals surface area contributed by atoms with Gasteiger partial charge in [-0.3, -0.25) is 0 Å². The summed E-state index contributed by atoms with van der Waals surface area (Å²) in [5, 5.41) is 0.562. The molecule has 1 heterocycles. The third-order valence-electron chi connectivity index (χ3n) is 3.05. The molecule has 0 unspecified atom stereocenters. The second-order valence-corrected chi connectivity index (χ2v) is 4.31. The van der Waals surface area contributed by atoms with Crippen molar-refractivity contribution in [1.82, 2.24) is 4.98 Å². The lowest BCUT2D eigenvalue weighted by molar-refractivity contribution is 0.444. The van der Waals surface area contributed by atoms with E-state index < -0.39 is 0 Å². The van der Waals surface area contributed by atoms with Gasteiger partial charge in [-0.15, -0.1) is 12.4 Å². The summed E-state index contributed by atoms with van der Waals surface area (Å²) in [5.41, 5.74) is 7.18. The second kappa shape index (κ2) is 5.69. The number of hydrogen-bond acceptors (Lipinski definition) is 2. The van der Waals surface area contributed by atoms with Gasteiger partial charge in [-0.2, -0.15) is 0 Å². The van der Waals surface area contributed by atoms with Gasteiger partial charge in [0.2, 0.25) is 0 Å². The van der Waals surface area contributed by atoms with E-state index in [1.54, 1.807) is 6.20 Å². The summed E-state index contributed by atoms with van der Waals surface area (Å²) in [6.45, 7) is 0. The highest BCUT2D eigenvalue weighted by atomic mass is 35.5. The van der Waals surface area contributed by atoms with Crippen LogP contribution in [0.15, 0.2) is 18.3 Å². The minimum atomic E-state index is 0. The van der Waals surface area contributed by atoms with Crippen molar-refractivity contribution in [2.24, 2.45) is 11.7 Å². The van der Waals surface area contributed by atoms with Crippen molar-refractivity contribution in [2.75, 3.05) is 0 Å². The molecule has 0 amide bonds. The molecular weight excluding hydrogens is 231 g/mol. The molecule has 15 heavy (non-hydrogen) atoms. The van der Waals surface area contributed by atoms with Gasteiger partial charge in [0.15, 0.2) is 0 Å². The lowest BCUT2D eigenvalue weighted by Crippen LogP contribution is -2.19.